The number of nitrogens with one attached hydrogen (secondary N) is 1. The number of ether oxygens (including phenoxy) is 2. The summed E-state index contributed by atoms with van der Waals surface area (Å²) in [4.78, 5) is 12.0. The molecule has 26 heavy (non-hydrogen) atoms. The molecule has 1 heterocycles. The van der Waals surface area contributed by atoms with E-state index in [1.165, 1.54) is 30.2 Å². The summed E-state index contributed by atoms with van der Waals surface area (Å²) in [5.41, 5.74) is 3.56. The van der Waals surface area contributed by atoms with Crippen molar-refractivity contribution in [3.8, 4) is 11.5 Å². The van der Waals surface area contributed by atoms with Crippen LogP contribution in [0.15, 0.2) is 30.5 Å². The quantitative estimate of drug-likeness (QED) is 0.776. The van der Waals surface area contributed by atoms with Gasteiger partial charge in [-0.05, 0) is 55.0 Å². The van der Waals surface area contributed by atoms with Gasteiger partial charge in [-0.25, -0.2) is 0 Å². The molecule has 0 fully saturated rings. The number of rotatable bonds is 7. The summed E-state index contributed by atoms with van der Waals surface area (Å²) < 4.78 is 12.5. The molecule has 6 heteroatoms. The second kappa shape index (κ2) is 8.56. The Bertz CT molecular complexity index is 796. The van der Waals surface area contributed by atoms with Crippen LogP contribution in [-0.2, 0) is 24.2 Å². The van der Waals surface area contributed by atoms with Crippen LogP contribution in [0, 0.1) is 0 Å². The molecular formula is C20H25N3O3. The van der Waals surface area contributed by atoms with E-state index in [4.69, 9.17) is 9.47 Å². The number of carbonyl (C=O) groups excluding carboxylic acids is 1. The van der Waals surface area contributed by atoms with E-state index in [-0.39, 0.29) is 5.91 Å². The first-order chi connectivity index (χ1) is 12.7. The van der Waals surface area contributed by atoms with E-state index in [9.17, 15) is 4.79 Å². The molecule has 1 aromatic heterocycles. The smallest absolute Gasteiger partial charge is 0.244 e. The Morgan fingerprint density at radius 2 is 2.04 bits per heavy atom. The highest BCUT2D eigenvalue weighted by Crippen LogP contribution is 2.27. The van der Waals surface area contributed by atoms with Crippen LogP contribution in [0.25, 0.3) is 6.08 Å². The first kappa shape index (κ1) is 18.0. The monoisotopic (exact) mass is 355 g/mol. The fourth-order valence-corrected chi connectivity index (χ4v) is 3.22. The van der Waals surface area contributed by atoms with Gasteiger partial charge in [-0.2, -0.15) is 5.10 Å². The average Bonchev–Trinajstić information content (AvgIpc) is 3.09. The first-order valence-electron chi connectivity index (χ1n) is 8.92. The zero-order valence-electron chi connectivity index (χ0n) is 15.3. The minimum atomic E-state index is -0.124. The van der Waals surface area contributed by atoms with Crippen LogP contribution in [-0.4, -0.2) is 36.5 Å². The number of amides is 1. The summed E-state index contributed by atoms with van der Waals surface area (Å²) in [6.45, 7) is 1.26. The number of aromatic nitrogens is 2. The van der Waals surface area contributed by atoms with Crippen molar-refractivity contribution in [2.45, 2.75) is 32.2 Å². The van der Waals surface area contributed by atoms with Crippen molar-refractivity contribution >= 4 is 12.0 Å². The Kier molecular flexibility index (Phi) is 5.94. The lowest BCUT2D eigenvalue weighted by Crippen LogP contribution is -2.26. The molecule has 0 aliphatic heterocycles. The van der Waals surface area contributed by atoms with Gasteiger partial charge < -0.3 is 14.8 Å². The largest absolute Gasteiger partial charge is 0.493 e. The van der Waals surface area contributed by atoms with Crippen molar-refractivity contribution in [2.75, 3.05) is 20.8 Å². The molecule has 0 unspecified atom stereocenters. The van der Waals surface area contributed by atoms with Crippen molar-refractivity contribution in [1.82, 2.24) is 15.1 Å². The summed E-state index contributed by atoms with van der Waals surface area (Å²) in [5.74, 6) is 1.18. The van der Waals surface area contributed by atoms with Gasteiger partial charge in [0.05, 0.1) is 27.0 Å². The van der Waals surface area contributed by atoms with Gasteiger partial charge in [0.15, 0.2) is 11.5 Å². The standard InChI is InChI=1S/C20H25N3O3/c1-25-18-9-7-15(13-19(18)26-2)8-10-20(24)21-11-12-23-17-6-4-3-5-16(17)14-22-23/h7-10,13-14H,3-6,11-12H2,1-2H3,(H,21,24). The van der Waals surface area contributed by atoms with Crippen molar-refractivity contribution in [3.63, 3.8) is 0 Å². The Balaban J connectivity index is 1.51. The molecule has 0 radical (unpaired) electrons. The molecule has 1 aliphatic rings. The third-order valence-corrected chi connectivity index (χ3v) is 4.60. The molecule has 3 rings (SSSR count). The summed E-state index contributed by atoms with van der Waals surface area (Å²) in [6, 6.07) is 5.52. The van der Waals surface area contributed by atoms with Gasteiger partial charge in [-0.15, -0.1) is 0 Å². The van der Waals surface area contributed by atoms with Crippen LogP contribution >= 0.6 is 0 Å². The van der Waals surface area contributed by atoms with Gasteiger partial charge in [0.2, 0.25) is 5.91 Å². The van der Waals surface area contributed by atoms with Crippen molar-refractivity contribution in [3.05, 3.63) is 47.3 Å². The predicted octanol–water partition coefficient (Wildman–Crippen LogP) is 2.61. The fraction of sp³-hybridized carbons (Fsp3) is 0.400. The van der Waals surface area contributed by atoms with Gasteiger partial charge in [0, 0.05) is 18.3 Å². The van der Waals surface area contributed by atoms with E-state index in [2.05, 4.69) is 10.4 Å². The van der Waals surface area contributed by atoms with E-state index < -0.39 is 0 Å². The maximum absolute atomic E-state index is 12.0. The number of aryl methyl sites for hydroxylation is 1. The number of carbonyl (C=O) groups is 1. The highest BCUT2D eigenvalue weighted by Gasteiger charge is 2.14. The molecule has 1 N–H and O–H groups in total. The third kappa shape index (κ3) is 4.25. The molecule has 0 saturated heterocycles. The van der Waals surface area contributed by atoms with E-state index in [0.717, 1.165) is 18.4 Å². The Hall–Kier alpha value is -2.76. The number of hydrogen-bond donors (Lipinski definition) is 1. The van der Waals surface area contributed by atoms with Crippen molar-refractivity contribution < 1.29 is 14.3 Å². The SMILES string of the molecule is COc1ccc(C=CC(=O)NCCn2ncc3c2CCCC3)cc1OC. The lowest BCUT2D eigenvalue weighted by atomic mass is 9.98. The lowest BCUT2D eigenvalue weighted by molar-refractivity contribution is -0.116. The van der Waals surface area contributed by atoms with Gasteiger partial charge in [0.25, 0.3) is 0 Å². The molecule has 0 spiro atoms. The van der Waals surface area contributed by atoms with E-state index in [1.54, 1.807) is 20.3 Å². The second-order valence-electron chi connectivity index (χ2n) is 6.29. The Morgan fingerprint density at radius 1 is 1.23 bits per heavy atom. The van der Waals surface area contributed by atoms with E-state index in [1.807, 2.05) is 29.1 Å². The highest BCUT2D eigenvalue weighted by molar-refractivity contribution is 5.91. The van der Waals surface area contributed by atoms with Crippen LogP contribution in [0.4, 0.5) is 0 Å². The molecular weight excluding hydrogens is 330 g/mol. The van der Waals surface area contributed by atoms with Gasteiger partial charge in [-0.1, -0.05) is 6.07 Å². The second-order valence-corrected chi connectivity index (χ2v) is 6.29. The minimum Gasteiger partial charge on any atom is -0.493 e. The lowest BCUT2D eigenvalue weighted by Gasteiger charge is -2.13. The molecule has 1 amide bonds. The third-order valence-electron chi connectivity index (χ3n) is 4.60. The average molecular weight is 355 g/mol. The summed E-state index contributed by atoms with van der Waals surface area (Å²) in [5, 5.41) is 7.35. The van der Waals surface area contributed by atoms with E-state index in [0.29, 0.717) is 24.6 Å². The highest BCUT2D eigenvalue weighted by atomic mass is 16.5. The zero-order chi connectivity index (χ0) is 18.4. The topological polar surface area (TPSA) is 65.4 Å². The summed E-state index contributed by atoms with van der Waals surface area (Å²) >= 11 is 0. The molecule has 0 saturated carbocycles. The Morgan fingerprint density at radius 3 is 2.85 bits per heavy atom. The van der Waals surface area contributed by atoms with Crippen molar-refractivity contribution in [2.24, 2.45) is 0 Å². The first-order valence-corrected chi connectivity index (χ1v) is 8.92. The molecule has 1 aromatic carbocycles. The molecule has 0 atom stereocenters. The summed E-state index contributed by atoms with van der Waals surface area (Å²) in [7, 11) is 3.18. The molecule has 6 nitrogen and oxygen atoms in total. The number of benzene rings is 1. The van der Waals surface area contributed by atoms with Crippen LogP contribution in [0.3, 0.4) is 0 Å². The molecule has 1 aliphatic carbocycles. The normalized spacial score (nSPS) is 13.5. The van der Waals surface area contributed by atoms with Crippen LogP contribution in [0.5, 0.6) is 11.5 Å². The predicted molar refractivity (Wildman–Crippen MR) is 100 cm³/mol. The van der Waals surface area contributed by atoms with Crippen molar-refractivity contribution in [1.29, 1.82) is 0 Å². The number of methoxy groups -OCH3 is 2. The molecule has 0 bridgehead atoms. The maximum Gasteiger partial charge on any atom is 0.244 e. The molecule has 138 valence electrons. The van der Waals surface area contributed by atoms with Crippen LogP contribution < -0.4 is 14.8 Å². The zero-order valence-corrected chi connectivity index (χ0v) is 15.3. The van der Waals surface area contributed by atoms with Crippen LogP contribution in [0.2, 0.25) is 0 Å². The maximum atomic E-state index is 12.0. The minimum absolute atomic E-state index is 0.124. The Labute approximate surface area is 153 Å². The fourth-order valence-electron chi connectivity index (χ4n) is 3.22. The summed E-state index contributed by atoms with van der Waals surface area (Å²) in [6.07, 6.45) is 9.92. The van der Waals surface area contributed by atoms with Gasteiger partial charge in [-0.3, -0.25) is 9.48 Å². The van der Waals surface area contributed by atoms with Gasteiger partial charge >= 0.3 is 0 Å². The van der Waals surface area contributed by atoms with Crippen LogP contribution in [0.1, 0.15) is 29.7 Å². The molecule has 2 aromatic rings. The number of hydrogen-bond acceptors (Lipinski definition) is 4. The number of fused-ring (bicyclic) bond motifs is 1. The van der Waals surface area contributed by atoms with E-state index >= 15 is 0 Å². The number of nitrogens with zero attached hydrogens (tertiary/aromatic N) is 2. The van der Waals surface area contributed by atoms with Gasteiger partial charge in [0.1, 0.15) is 0 Å².